The number of hydrogen-bond donors (Lipinski definition) is 1. The quantitative estimate of drug-likeness (QED) is 0.665. The summed E-state index contributed by atoms with van der Waals surface area (Å²) in [5, 5.41) is 2.69. The van der Waals surface area contributed by atoms with Crippen molar-refractivity contribution in [2.24, 2.45) is 0 Å². The van der Waals surface area contributed by atoms with Gasteiger partial charge in [-0.25, -0.2) is 13.2 Å². The number of carbonyl (C=O) groups is 2. The number of rotatable bonds is 9. The summed E-state index contributed by atoms with van der Waals surface area (Å²) in [5.74, 6) is -0.755. The standard InChI is InChI=1S/C20H23NO5S/c1-2-26-20(23)17-10-12-18(13-11-17)21-19(22)9-6-14-27(24,25)15-16-7-4-3-5-8-16/h3-5,7-8,10-13H,2,6,9,14-15H2,1H3,(H,21,22). The molecule has 2 aromatic carbocycles. The van der Waals surface area contributed by atoms with Gasteiger partial charge in [-0.05, 0) is 43.2 Å². The van der Waals surface area contributed by atoms with E-state index in [1.165, 1.54) is 0 Å². The number of hydrogen-bond acceptors (Lipinski definition) is 5. The summed E-state index contributed by atoms with van der Waals surface area (Å²) < 4.78 is 29.1. The van der Waals surface area contributed by atoms with Crippen LogP contribution in [-0.4, -0.2) is 32.7 Å². The molecule has 0 aliphatic heterocycles. The molecule has 0 aliphatic carbocycles. The van der Waals surface area contributed by atoms with Gasteiger partial charge in [0.2, 0.25) is 5.91 Å². The number of nitrogens with one attached hydrogen (secondary N) is 1. The fraction of sp³-hybridized carbons (Fsp3) is 0.300. The summed E-state index contributed by atoms with van der Waals surface area (Å²) in [4.78, 5) is 23.6. The van der Waals surface area contributed by atoms with Gasteiger partial charge in [-0.15, -0.1) is 0 Å². The Bertz CT molecular complexity index is 861. The first-order chi connectivity index (χ1) is 12.9. The van der Waals surface area contributed by atoms with Crippen LogP contribution >= 0.6 is 0 Å². The molecule has 0 fully saturated rings. The molecule has 0 aromatic heterocycles. The molecule has 0 saturated carbocycles. The smallest absolute Gasteiger partial charge is 0.338 e. The zero-order chi connectivity index (χ0) is 19.7. The molecule has 1 amide bonds. The Kier molecular flexibility index (Phi) is 7.55. The van der Waals surface area contributed by atoms with E-state index in [2.05, 4.69) is 5.32 Å². The highest BCUT2D eigenvalue weighted by atomic mass is 32.2. The molecule has 0 atom stereocenters. The van der Waals surface area contributed by atoms with Crippen LogP contribution in [0.3, 0.4) is 0 Å². The zero-order valence-electron chi connectivity index (χ0n) is 15.2. The molecule has 27 heavy (non-hydrogen) atoms. The first kappa shape index (κ1) is 20.6. The van der Waals surface area contributed by atoms with Crippen LogP contribution in [-0.2, 0) is 25.1 Å². The second kappa shape index (κ2) is 9.87. The molecule has 0 aliphatic rings. The molecule has 144 valence electrons. The number of ether oxygens (including phenoxy) is 1. The van der Waals surface area contributed by atoms with E-state index in [4.69, 9.17) is 4.74 Å². The van der Waals surface area contributed by atoms with Crippen molar-refractivity contribution in [3.8, 4) is 0 Å². The average Bonchev–Trinajstić information content (AvgIpc) is 2.62. The maximum absolute atomic E-state index is 12.1. The van der Waals surface area contributed by atoms with Crippen LogP contribution in [0.25, 0.3) is 0 Å². The lowest BCUT2D eigenvalue weighted by Gasteiger charge is -2.07. The molecule has 0 unspecified atom stereocenters. The monoisotopic (exact) mass is 389 g/mol. The van der Waals surface area contributed by atoms with Gasteiger partial charge in [0.1, 0.15) is 0 Å². The highest BCUT2D eigenvalue weighted by Crippen LogP contribution is 2.12. The van der Waals surface area contributed by atoms with Crippen molar-refractivity contribution in [1.82, 2.24) is 0 Å². The van der Waals surface area contributed by atoms with Gasteiger partial charge in [0, 0.05) is 12.1 Å². The molecule has 0 bridgehead atoms. The van der Waals surface area contributed by atoms with Crippen molar-refractivity contribution in [2.45, 2.75) is 25.5 Å². The number of sulfone groups is 1. The van der Waals surface area contributed by atoms with E-state index in [1.807, 2.05) is 6.07 Å². The first-order valence-electron chi connectivity index (χ1n) is 8.71. The molecule has 0 saturated heterocycles. The molecule has 0 radical (unpaired) electrons. The molecular formula is C20H23NO5S. The van der Waals surface area contributed by atoms with E-state index < -0.39 is 15.8 Å². The number of carbonyl (C=O) groups excluding carboxylic acids is 2. The number of amides is 1. The molecular weight excluding hydrogens is 366 g/mol. The van der Waals surface area contributed by atoms with E-state index in [0.29, 0.717) is 17.9 Å². The van der Waals surface area contributed by atoms with Crippen LogP contribution in [0, 0.1) is 0 Å². The Labute approximate surface area is 159 Å². The summed E-state index contributed by atoms with van der Waals surface area (Å²) in [5.41, 5.74) is 1.69. The van der Waals surface area contributed by atoms with E-state index in [1.54, 1.807) is 55.5 Å². The zero-order valence-corrected chi connectivity index (χ0v) is 16.0. The third kappa shape index (κ3) is 7.22. The van der Waals surface area contributed by atoms with Gasteiger partial charge < -0.3 is 10.1 Å². The van der Waals surface area contributed by atoms with E-state index in [9.17, 15) is 18.0 Å². The number of esters is 1. The fourth-order valence-electron chi connectivity index (χ4n) is 2.48. The van der Waals surface area contributed by atoms with Gasteiger partial charge in [0.15, 0.2) is 9.84 Å². The van der Waals surface area contributed by atoms with E-state index in [0.717, 1.165) is 5.56 Å². The van der Waals surface area contributed by atoms with Gasteiger partial charge in [0.25, 0.3) is 0 Å². The normalized spacial score (nSPS) is 11.0. The summed E-state index contributed by atoms with van der Waals surface area (Å²) in [6.07, 6.45) is 0.357. The van der Waals surface area contributed by atoms with Crippen LogP contribution < -0.4 is 5.32 Å². The predicted octanol–water partition coefficient (Wildman–Crippen LogP) is 3.20. The van der Waals surface area contributed by atoms with Crippen molar-refractivity contribution in [3.05, 3.63) is 65.7 Å². The second-order valence-electron chi connectivity index (χ2n) is 6.03. The lowest BCUT2D eigenvalue weighted by atomic mass is 10.2. The molecule has 2 rings (SSSR count). The minimum absolute atomic E-state index is 0.0230. The number of benzene rings is 2. The summed E-state index contributed by atoms with van der Waals surface area (Å²) in [6, 6.07) is 15.3. The SMILES string of the molecule is CCOC(=O)c1ccc(NC(=O)CCCS(=O)(=O)Cc2ccccc2)cc1. The number of anilines is 1. The van der Waals surface area contributed by atoms with Crippen LogP contribution in [0.15, 0.2) is 54.6 Å². The van der Waals surface area contributed by atoms with Crippen molar-refractivity contribution in [2.75, 3.05) is 17.7 Å². The Morgan fingerprint density at radius 1 is 1.00 bits per heavy atom. The van der Waals surface area contributed by atoms with Gasteiger partial charge in [-0.3, -0.25) is 4.79 Å². The summed E-state index contributed by atoms with van der Waals surface area (Å²) >= 11 is 0. The lowest BCUT2D eigenvalue weighted by Crippen LogP contribution is -2.15. The third-order valence-corrected chi connectivity index (χ3v) is 5.45. The van der Waals surface area contributed by atoms with Crippen LogP contribution in [0.4, 0.5) is 5.69 Å². The topological polar surface area (TPSA) is 89.5 Å². The van der Waals surface area contributed by atoms with Crippen molar-refractivity contribution in [3.63, 3.8) is 0 Å². The minimum atomic E-state index is -3.26. The highest BCUT2D eigenvalue weighted by Gasteiger charge is 2.13. The Balaban J connectivity index is 1.78. The maximum Gasteiger partial charge on any atom is 0.338 e. The van der Waals surface area contributed by atoms with Crippen LogP contribution in [0.2, 0.25) is 0 Å². The largest absolute Gasteiger partial charge is 0.462 e. The predicted molar refractivity (Wildman–Crippen MR) is 104 cm³/mol. The Hall–Kier alpha value is -2.67. The third-order valence-electron chi connectivity index (χ3n) is 3.77. The maximum atomic E-state index is 12.1. The van der Waals surface area contributed by atoms with Crippen molar-refractivity contribution < 1.29 is 22.7 Å². The van der Waals surface area contributed by atoms with Crippen LogP contribution in [0.1, 0.15) is 35.7 Å². The first-order valence-corrected chi connectivity index (χ1v) is 10.5. The summed E-state index contributed by atoms with van der Waals surface area (Å²) in [7, 11) is -3.26. The molecule has 6 nitrogen and oxygen atoms in total. The average molecular weight is 389 g/mol. The Morgan fingerprint density at radius 3 is 2.30 bits per heavy atom. The van der Waals surface area contributed by atoms with Gasteiger partial charge in [-0.1, -0.05) is 30.3 Å². The van der Waals surface area contributed by atoms with E-state index in [-0.39, 0.29) is 30.3 Å². The van der Waals surface area contributed by atoms with Crippen molar-refractivity contribution in [1.29, 1.82) is 0 Å². The van der Waals surface area contributed by atoms with Crippen molar-refractivity contribution >= 4 is 27.4 Å². The van der Waals surface area contributed by atoms with E-state index >= 15 is 0 Å². The molecule has 7 heteroatoms. The summed E-state index contributed by atoms with van der Waals surface area (Å²) in [6.45, 7) is 2.02. The van der Waals surface area contributed by atoms with Gasteiger partial charge >= 0.3 is 5.97 Å². The fourth-order valence-corrected chi connectivity index (χ4v) is 3.91. The lowest BCUT2D eigenvalue weighted by molar-refractivity contribution is -0.116. The molecule has 1 N–H and O–H groups in total. The van der Waals surface area contributed by atoms with Crippen LogP contribution in [0.5, 0.6) is 0 Å². The Morgan fingerprint density at radius 2 is 1.67 bits per heavy atom. The molecule has 0 spiro atoms. The molecule has 0 heterocycles. The van der Waals surface area contributed by atoms with Gasteiger partial charge in [0.05, 0.1) is 23.7 Å². The molecule has 2 aromatic rings. The highest BCUT2D eigenvalue weighted by molar-refractivity contribution is 7.90. The minimum Gasteiger partial charge on any atom is -0.462 e. The van der Waals surface area contributed by atoms with Gasteiger partial charge in [-0.2, -0.15) is 0 Å². The second-order valence-corrected chi connectivity index (χ2v) is 8.21.